The molecule has 0 aliphatic carbocycles. The van der Waals surface area contributed by atoms with Gasteiger partial charge in [-0.05, 0) is 47.7 Å². The van der Waals surface area contributed by atoms with E-state index in [1.165, 1.54) is 16.7 Å². The lowest BCUT2D eigenvalue weighted by atomic mass is 9.83. The van der Waals surface area contributed by atoms with E-state index in [0.29, 0.717) is 18.6 Å². The SMILES string of the molecule is CC.COc1ccc2c(c1O)CN1CCc3cc4c(cc3C1C2)OCO4. The van der Waals surface area contributed by atoms with E-state index in [9.17, 15) is 5.11 Å². The van der Waals surface area contributed by atoms with Crippen molar-refractivity contribution < 1.29 is 19.3 Å². The summed E-state index contributed by atoms with van der Waals surface area (Å²) < 4.78 is 16.3. The van der Waals surface area contributed by atoms with E-state index in [1.54, 1.807) is 7.11 Å². The minimum atomic E-state index is 0.282. The van der Waals surface area contributed by atoms with Crippen molar-refractivity contribution in [3.05, 3.63) is 46.5 Å². The van der Waals surface area contributed by atoms with Gasteiger partial charge in [0.15, 0.2) is 23.0 Å². The quantitative estimate of drug-likeness (QED) is 0.843. The number of benzene rings is 2. The molecule has 3 aliphatic heterocycles. The van der Waals surface area contributed by atoms with Crippen LogP contribution in [0.3, 0.4) is 0 Å². The molecule has 5 nitrogen and oxygen atoms in total. The Morgan fingerprint density at radius 1 is 1.12 bits per heavy atom. The number of hydrogen-bond acceptors (Lipinski definition) is 5. The van der Waals surface area contributed by atoms with Gasteiger partial charge in [0.2, 0.25) is 6.79 Å². The van der Waals surface area contributed by atoms with Crippen LogP contribution >= 0.6 is 0 Å². The van der Waals surface area contributed by atoms with Crippen molar-refractivity contribution in [1.82, 2.24) is 4.90 Å². The highest BCUT2D eigenvalue weighted by molar-refractivity contribution is 5.54. The van der Waals surface area contributed by atoms with Gasteiger partial charge in [-0.3, -0.25) is 4.90 Å². The van der Waals surface area contributed by atoms with Crippen molar-refractivity contribution in [1.29, 1.82) is 0 Å². The number of fused-ring (bicyclic) bond motifs is 5. The maximum Gasteiger partial charge on any atom is 0.231 e. The summed E-state index contributed by atoms with van der Waals surface area (Å²) >= 11 is 0. The van der Waals surface area contributed by atoms with E-state index >= 15 is 0 Å². The molecule has 3 heterocycles. The minimum Gasteiger partial charge on any atom is -0.504 e. The van der Waals surface area contributed by atoms with Crippen LogP contribution in [0.25, 0.3) is 0 Å². The van der Waals surface area contributed by atoms with Gasteiger partial charge in [-0.2, -0.15) is 0 Å². The first-order chi connectivity index (χ1) is 12.7. The third-order valence-electron chi connectivity index (χ3n) is 5.44. The average Bonchev–Trinajstić information content (AvgIpc) is 3.14. The van der Waals surface area contributed by atoms with Crippen molar-refractivity contribution >= 4 is 0 Å². The number of phenols is 1. The molecule has 0 spiro atoms. The third-order valence-corrected chi connectivity index (χ3v) is 5.44. The minimum absolute atomic E-state index is 0.282. The first-order valence-electron chi connectivity index (χ1n) is 9.29. The molecule has 1 N–H and O–H groups in total. The molecule has 0 bridgehead atoms. The summed E-state index contributed by atoms with van der Waals surface area (Å²) in [4.78, 5) is 2.44. The van der Waals surface area contributed by atoms with E-state index in [4.69, 9.17) is 14.2 Å². The van der Waals surface area contributed by atoms with Gasteiger partial charge in [0.25, 0.3) is 0 Å². The van der Waals surface area contributed by atoms with Gasteiger partial charge in [0.05, 0.1) is 7.11 Å². The lowest BCUT2D eigenvalue weighted by Crippen LogP contribution is -2.39. The molecule has 0 saturated carbocycles. The molecule has 1 unspecified atom stereocenters. The number of nitrogens with zero attached hydrogens (tertiary/aromatic N) is 1. The van der Waals surface area contributed by atoms with E-state index < -0.39 is 0 Å². The van der Waals surface area contributed by atoms with Crippen LogP contribution < -0.4 is 14.2 Å². The monoisotopic (exact) mass is 355 g/mol. The van der Waals surface area contributed by atoms with Crippen LogP contribution in [-0.2, 0) is 19.4 Å². The van der Waals surface area contributed by atoms with Crippen LogP contribution in [0, 0.1) is 0 Å². The second-order valence-electron chi connectivity index (χ2n) is 6.60. The third kappa shape index (κ3) is 2.58. The highest BCUT2D eigenvalue weighted by atomic mass is 16.7. The van der Waals surface area contributed by atoms with Crippen LogP contribution in [0.5, 0.6) is 23.0 Å². The largest absolute Gasteiger partial charge is 0.504 e. The molecule has 0 radical (unpaired) electrons. The fraction of sp³-hybridized carbons (Fsp3) is 0.429. The lowest BCUT2D eigenvalue weighted by molar-refractivity contribution is 0.157. The zero-order valence-electron chi connectivity index (χ0n) is 15.5. The second-order valence-corrected chi connectivity index (χ2v) is 6.60. The molecule has 2 aromatic rings. The molecule has 1 atom stereocenters. The summed E-state index contributed by atoms with van der Waals surface area (Å²) in [5.41, 5.74) is 4.86. The van der Waals surface area contributed by atoms with Crippen molar-refractivity contribution in [3.8, 4) is 23.0 Å². The van der Waals surface area contributed by atoms with E-state index in [2.05, 4.69) is 23.1 Å². The van der Waals surface area contributed by atoms with Gasteiger partial charge in [-0.25, -0.2) is 0 Å². The molecule has 2 aromatic carbocycles. The van der Waals surface area contributed by atoms with E-state index in [-0.39, 0.29) is 5.75 Å². The van der Waals surface area contributed by atoms with Crippen LogP contribution in [0.4, 0.5) is 0 Å². The molecule has 0 fully saturated rings. The zero-order chi connectivity index (χ0) is 18.3. The first kappa shape index (κ1) is 17.0. The van der Waals surface area contributed by atoms with Crippen molar-refractivity contribution in [2.24, 2.45) is 0 Å². The first-order valence-corrected chi connectivity index (χ1v) is 9.29. The van der Waals surface area contributed by atoms with Gasteiger partial charge in [0.1, 0.15) is 0 Å². The van der Waals surface area contributed by atoms with E-state index in [1.807, 2.05) is 19.9 Å². The smallest absolute Gasteiger partial charge is 0.231 e. The van der Waals surface area contributed by atoms with Crippen molar-refractivity contribution in [2.45, 2.75) is 39.3 Å². The van der Waals surface area contributed by atoms with Gasteiger partial charge < -0.3 is 19.3 Å². The summed E-state index contributed by atoms with van der Waals surface area (Å²) in [6, 6.07) is 8.53. The summed E-state index contributed by atoms with van der Waals surface area (Å²) in [6.45, 7) is 6.04. The second kappa shape index (κ2) is 6.72. The Morgan fingerprint density at radius 2 is 1.88 bits per heavy atom. The summed E-state index contributed by atoms with van der Waals surface area (Å²) in [5.74, 6) is 2.54. The van der Waals surface area contributed by atoms with Crippen molar-refractivity contribution in [3.63, 3.8) is 0 Å². The highest BCUT2D eigenvalue weighted by Crippen LogP contribution is 2.46. The topological polar surface area (TPSA) is 51.2 Å². The van der Waals surface area contributed by atoms with Crippen LogP contribution in [-0.4, -0.2) is 30.5 Å². The number of ether oxygens (including phenoxy) is 3. The predicted octanol–water partition coefficient (Wildman–Crippen LogP) is 3.81. The lowest BCUT2D eigenvalue weighted by Gasteiger charge is -2.41. The number of aromatic hydroxyl groups is 1. The number of methoxy groups -OCH3 is 1. The molecule has 5 heteroatoms. The molecular weight excluding hydrogens is 330 g/mol. The Bertz CT molecular complexity index is 833. The fourth-order valence-electron chi connectivity index (χ4n) is 4.17. The Balaban J connectivity index is 0.000000814. The average molecular weight is 355 g/mol. The Kier molecular flexibility index (Phi) is 4.41. The summed E-state index contributed by atoms with van der Waals surface area (Å²) in [7, 11) is 1.59. The van der Waals surface area contributed by atoms with Gasteiger partial charge in [0, 0.05) is 24.7 Å². The normalized spacial score (nSPS) is 19.6. The molecule has 0 aromatic heterocycles. The van der Waals surface area contributed by atoms with Gasteiger partial charge in [-0.15, -0.1) is 0 Å². The Morgan fingerprint density at radius 3 is 2.65 bits per heavy atom. The van der Waals surface area contributed by atoms with Gasteiger partial charge in [-0.1, -0.05) is 19.9 Å². The molecule has 5 rings (SSSR count). The maximum absolute atomic E-state index is 10.5. The molecular formula is C21H25NO4. The van der Waals surface area contributed by atoms with Gasteiger partial charge >= 0.3 is 0 Å². The Labute approximate surface area is 154 Å². The molecule has 26 heavy (non-hydrogen) atoms. The van der Waals surface area contributed by atoms with Crippen molar-refractivity contribution in [2.75, 3.05) is 20.4 Å². The Hall–Kier alpha value is -2.40. The van der Waals surface area contributed by atoms with E-state index in [0.717, 1.165) is 43.0 Å². The number of phenolic OH excluding ortho intramolecular Hbond substituents is 1. The van der Waals surface area contributed by atoms with Crippen LogP contribution in [0.1, 0.15) is 42.1 Å². The summed E-state index contributed by atoms with van der Waals surface area (Å²) in [6.07, 6.45) is 1.88. The summed E-state index contributed by atoms with van der Waals surface area (Å²) in [5, 5.41) is 10.5. The number of hydrogen-bond donors (Lipinski definition) is 1. The predicted molar refractivity (Wildman–Crippen MR) is 99.1 cm³/mol. The highest BCUT2D eigenvalue weighted by Gasteiger charge is 2.35. The number of rotatable bonds is 1. The molecule has 138 valence electrons. The van der Waals surface area contributed by atoms with Crippen LogP contribution in [0.2, 0.25) is 0 Å². The van der Waals surface area contributed by atoms with Crippen LogP contribution in [0.15, 0.2) is 24.3 Å². The molecule has 3 aliphatic rings. The standard InChI is InChI=1S/C19H19NO4.C2H6/c1-22-16-3-2-11-6-15-13-8-18-17(23-10-24-18)7-12(13)4-5-20(15)9-14(11)19(16)21;1-2/h2-3,7-8,15,21H,4-6,9-10H2,1H3;1-2H3. The molecule has 0 amide bonds. The fourth-order valence-corrected chi connectivity index (χ4v) is 4.17. The molecule has 0 saturated heterocycles. The maximum atomic E-state index is 10.5. The zero-order valence-corrected chi connectivity index (χ0v) is 15.5.